The fraction of sp³-hybridized carbons (Fsp3) is 0.125. The van der Waals surface area contributed by atoms with Gasteiger partial charge in [0, 0.05) is 11.8 Å². The maximum absolute atomic E-state index is 11.7. The fourth-order valence-electron chi connectivity index (χ4n) is 1.83. The third-order valence-electron chi connectivity index (χ3n) is 3.03. The van der Waals surface area contributed by atoms with Gasteiger partial charge in [-0.05, 0) is 25.1 Å². The number of nitro groups is 1. The van der Waals surface area contributed by atoms with E-state index < -0.39 is 4.92 Å². The number of benzene rings is 2. The lowest BCUT2D eigenvalue weighted by molar-refractivity contribution is -0.385. The maximum atomic E-state index is 11.7. The predicted octanol–water partition coefficient (Wildman–Crippen LogP) is 2.47. The van der Waals surface area contributed by atoms with Crippen molar-refractivity contribution in [3.05, 3.63) is 69.8 Å². The normalized spacial score (nSPS) is 10.5. The lowest BCUT2D eigenvalue weighted by Gasteiger charge is -2.05. The third kappa shape index (κ3) is 4.92. The van der Waals surface area contributed by atoms with E-state index in [1.165, 1.54) is 12.3 Å². The minimum atomic E-state index is -0.498. The van der Waals surface area contributed by atoms with Crippen molar-refractivity contribution in [2.24, 2.45) is 5.10 Å². The number of aryl methyl sites for hydroxylation is 1. The molecule has 118 valence electrons. The predicted molar refractivity (Wildman–Crippen MR) is 88.5 cm³/mol. The summed E-state index contributed by atoms with van der Waals surface area (Å²) in [5.41, 5.74) is 4.54. The lowest BCUT2D eigenvalue weighted by atomic mass is 10.2. The van der Waals surface area contributed by atoms with E-state index in [0.717, 1.165) is 11.3 Å². The van der Waals surface area contributed by atoms with E-state index in [9.17, 15) is 14.9 Å². The molecule has 0 aliphatic carbocycles. The van der Waals surface area contributed by atoms with Crippen molar-refractivity contribution in [1.29, 1.82) is 0 Å². The summed E-state index contributed by atoms with van der Waals surface area (Å²) in [4.78, 5) is 22.0. The number of nitrogens with zero attached hydrogens (tertiary/aromatic N) is 2. The number of carbonyl (C=O) groups excluding carboxylic acids is 1. The van der Waals surface area contributed by atoms with Gasteiger partial charge in [0.1, 0.15) is 0 Å². The Hall–Kier alpha value is -3.22. The van der Waals surface area contributed by atoms with Crippen LogP contribution in [0.3, 0.4) is 0 Å². The van der Waals surface area contributed by atoms with Gasteiger partial charge < -0.3 is 5.32 Å². The van der Waals surface area contributed by atoms with E-state index >= 15 is 0 Å². The highest BCUT2D eigenvalue weighted by Gasteiger charge is 2.09. The van der Waals surface area contributed by atoms with Gasteiger partial charge in [-0.15, -0.1) is 0 Å². The molecular formula is C16H16N4O3. The van der Waals surface area contributed by atoms with Gasteiger partial charge in [0.05, 0.1) is 23.2 Å². The van der Waals surface area contributed by atoms with Crippen LogP contribution in [0.4, 0.5) is 11.4 Å². The highest BCUT2D eigenvalue weighted by atomic mass is 16.6. The maximum Gasteiger partial charge on any atom is 0.278 e. The topological polar surface area (TPSA) is 96.6 Å². The molecule has 0 aliphatic heterocycles. The molecule has 0 unspecified atom stereocenters. The van der Waals surface area contributed by atoms with Gasteiger partial charge in [-0.3, -0.25) is 14.9 Å². The van der Waals surface area contributed by atoms with E-state index in [1.807, 2.05) is 31.2 Å². The number of rotatable bonds is 6. The zero-order chi connectivity index (χ0) is 16.7. The fourth-order valence-corrected chi connectivity index (χ4v) is 1.83. The molecule has 0 aromatic heterocycles. The number of nitrogens with one attached hydrogen (secondary N) is 2. The van der Waals surface area contributed by atoms with Gasteiger partial charge in [-0.1, -0.05) is 29.8 Å². The Labute approximate surface area is 133 Å². The average molecular weight is 312 g/mol. The zero-order valence-electron chi connectivity index (χ0n) is 12.5. The Morgan fingerprint density at radius 2 is 1.91 bits per heavy atom. The molecule has 2 aromatic carbocycles. The van der Waals surface area contributed by atoms with Crippen LogP contribution in [0.15, 0.2) is 53.6 Å². The monoisotopic (exact) mass is 312 g/mol. The number of para-hydroxylation sites is 1. The van der Waals surface area contributed by atoms with Gasteiger partial charge in [0.15, 0.2) is 0 Å². The first kappa shape index (κ1) is 16.2. The number of carbonyl (C=O) groups is 1. The van der Waals surface area contributed by atoms with Crippen LogP contribution in [0.2, 0.25) is 0 Å². The Morgan fingerprint density at radius 1 is 1.22 bits per heavy atom. The second-order valence-corrected chi connectivity index (χ2v) is 4.83. The molecule has 0 heterocycles. The summed E-state index contributed by atoms with van der Waals surface area (Å²) in [6, 6.07) is 13.8. The number of nitro benzene ring substituents is 1. The SMILES string of the molecule is Cc1ccc(NCC(=O)NN=Cc2ccccc2[N+](=O)[O-])cc1. The molecule has 0 saturated heterocycles. The van der Waals surface area contributed by atoms with Gasteiger partial charge in [-0.2, -0.15) is 5.10 Å². The van der Waals surface area contributed by atoms with E-state index in [1.54, 1.807) is 18.2 Å². The molecule has 2 aromatic rings. The summed E-state index contributed by atoms with van der Waals surface area (Å²) < 4.78 is 0. The molecule has 23 heavy (non-hydrogen) atoms. The van der Waals surface area contributed by atoms with E-state index in [2.05, 4.69) is 15.8 Å². The van der Waals surface area contributed by atoms with Gasteiger partial charge in [0.2, 0.25) is 0 Å². The molecule has 0 bridgehead atoms. The second-order valence-electron chi connectivity index (χ2n) is 4.83. The van der Waals surface area contributed by atoms with Crippen molar-refractivity contribution in [1.82, 2.24) is 5.43 Å². The third-order valence-corrected chi connectivity index (χ3v) is 3.03. The summed E-state index contributed by atoms with van der Waals surface area (Å²) in [5.74, 6) is -0.347. The van der Waals surface area contributed by atoms with E-state index in [4.69, 9.17) is 0 Å². The number of anilines is 1. The minimum absolute atomic E-state index is 0.0529. The molecule has 1 amide bonds. The molecule has 0 atom stereocenters. The van der Waals surface area contributed by atoms with Crippen LogP contribution in [0.25, 0.3) is 0 Å². The largest absolute Gasteiger partial charge is 0.376 e. The lowest BCUT2D eigenvalue weighted by Crippen LogP contribution is -2.25. The zero-order valence-corrected chi connectivity index (χ0v) is 12.5. The molecule has 0 radical (unpaired) electrons. The first-order chi connectivity index (χ1) is 11.1. The summed E-state index contributed by atoms with van der Waals surface area (Å²) >= 11 is 0. The standard InChI is InChI=1S/C16H16N4O3/c1-12-6-8-14(9-7-12)17-11-16(21)19-18-10-13-4-2-3-5-15(13)20(22)23/h2-10,17H,11H2,1H3,(H,19,21). The molecule has 0 saturated carbocycles. The van der Waals surface area contributed by atoms with Crippen LogP contribution >= 0.6 is 0 Å². The number of amides is 1. The van der Waals surface area contributed by atoms with Gasteiger partial charge in [-0.25, -0.2) is 5.43 Å². The van der Waals surface area contributed by atoms with Crippen molar-refractivity contribution in [2.75, 3.05) is 11.9 Å². The first-order valence-electron chi connectivity index (χ1n) is 6.92. The minimum Gasteiger partial charge on any atom is -0.376 e. The molecule has 0 aliphatic rings. The van der Waals surface area contributed by atoms with Crippen LogP contribution in [0, 0.1) is 17.0 Å². The smallest absolute Gasteiger partial charge is 0.278 e. The second kappa shape index (κ2) is 7.69. The van der Waals surface area contributed by atoms with Crippen LogP contribution in [-0.2, 0) is 4.79 Å². The summed E-state index contributed by atoms with van der Waals surface area (Å²) in [7, 11) is 0. The van der Waals surface area contributed by atoms with Gasteiger partial charge >= 0.3 is 0 Å². The number of hydrogen-bond acceptors (Lipinski definition) is 5. The quantitative estimate of drug-likeness (QED) is 0.486. The Bertz CT molecular complexity index is 726. The van der Waals surface area contributed by atoms with Crippen molar-refractivity contribution in [2.45, 2.75) is 6.92 Å². The van der Waals surface area contributed by atoms with E-state index in [0.29, 0.717) is 5.56 Å². The Morgan fingerprint density at radius 3 is 2.61 bits per heavy atom. The summed E-state index contributed by atoms with van der Waals surface area (Å²) in [6.45, 7) is 2.03. The molecule has 2 N–H and O–H groups in total. The molecule has 0 fully saturated rings. The van der Waals surface area contributed by atoms with Crippen molar-refractivity contribution < 1.29 is 9.72 Å². The highest BCUT2D eigenvalue weighted by molar-refractivity contribution is 5.87. The Kier molecular flexibility index (Phi) is 5.40. The highest BCUT2D eigenvalue weighted by Crippen LogP contribution is 2.15. The first-order valence-corrected chi connectivity index (χ1v) is 6.92. The molecule has 0 spiro atoms. The van der Waals surface area contributed by atoms with E-state index in [-0.39, 0.29) is 18.1 Å². The van der Waals surface area contributed by atoms with Gasteiger partial charge in [0.25, 0.3) is 11.6 Å². The molecular weight excluding hydrogens is 296 g/mol. The summed E-state index contributed by atoms with van der Waals surface area (Å²) in [6.07, 6.45) is 1.25. The number of hydrazone groups is 1. The van der Waals surface area contributed by atoms with Crippen LogP contribution in [0.1, 0.15) is 11.1 Å². The van der Waals surface area contributed by atoms with Crippen LogP contribution < -0.4 is 10.7 Å². The molecule has 2 rings (SSSR count). The van der Waals surface area contributed by atoms with Crippen molar-refractivity contribution >= 4 is 23.5 Å². The molecule has 7 nitrogen and oxygen atoms in total. The molecule has 7 heteroatoms. The summed E-state index contributed by atoms with van der Waals surface area (Å²) in [5, 5.41) is 17.5. The van der Waals surface area contributed by atoms with Crippen LogP contribution in [0.5, 0.6) is 0 Å². The van der Waals surface area contributed by atoms with Crippen molar-refractivity contribution in [3.8, 4) is 0 Å². The van der Waals surface area contributed by atoms with Crippen LogP contribution in [-0.4, -0.2) is 23.6 Å². The Balaban J connectivity index is 1.87. The number of hydrogen-bond donors (Lipinski definition) is 2. The average Bonchev–Trinajstić information content (AvgIpc) is 2.54. The van der Waals surface area contributed by atoms with Crippen molar-refractivity contribution in [3.63, 3.8) is 0 Å².